The molecule has 2 aliphatic heterocycles. The Balaban J connectivity index is 1.28. The molecule has 1 saturated heterocycles. The molecular formula is C19H25N5O3. The number of piperidine rings is 1. The third-order valence-electron chi connectivity index (χ3n) is 5.00. The average Bonchev–Trinajstić information content (AvgIpc) is 3.35. The third kappa shape index (κ3) is 4.21. The molecule has 144 valence electrons. The molecule has 1 aromatic heterocycles. The zero-order valence-electron chi connectivity index (χ0n) is 15.6. The number of ether oxygens (including phenoxy) is 2. The summed E-state index contributed by atoms with van der Waals surface area (Å²) in [5.41, 5.74) is 1.61. The molecule has 0 bridgehead atoms. The maximum atomic E-state index is 12.5. The van der Waals surface area contributed by atoms with Gasteiger partial charge >= 0.3 is 0 Å². The standard InChI is InChI=1S/C19H25N5O3/c1-22(12-15-5-6-17-18(11-15)27-14-26-17)9-10-24-13-16(20-21-24)19(25)23-7-3-2-4-8-23/h5-6,11,13H,2-4,7-10,12,14H2,1H3. The predicted octanol–water partition coefficient (Wildman–Crippen LogP) is 1.76. The first-order chi connectivity index (χ1) is 13.2. The third-order valence-corrected chi connectivity index (χ3v) is 5.00. The summed E-state index contributed by atoms with van der Waals surface area (Å²) in [6.45, 7) is 4.22. The maximum Gasteiger partial charge on any atom is 0.276 e. The Morgan fingerprint density at radius 2 is 2.00 bits per heavy atom. The molecule has 3 heterocycles. The fourth-order valence-corrected chi connectivity index (χ4v) is 3.47. The number of carbonyl (C=O) groups excluding carboxylic acids is 1. The van der Waals surface area contributed by atoms with E-state index in [2.05, 4.69) is 28.3 Å². The molecule has 27 heavy (non-hydrogen) atoms. The molecule has 1 aromatic carbocycles. The number of nitrogens with zero attached hydrogens (tertiary/aromatic N) is 5. The fraction of sp³-hybridized carbons (Fsp3) is 0.526. The average molecular weight is 371 g/mol. The van der Waals surface area contributed by atoms with Gasteiger partial charge in [0.05, 0.1) is 12.7 Å². The van der Waals surface area contributed by atoms with Crippen molar-refractivity contribution in [1.29, 1.82) is 0 Å². The van der Waals surface area contributed by atoms with Gasteiger partial charge in [0.1, 0.15) is 0 Å². The first-order valence-corrected chi connectivity index (χ1v) is 9.45. The number of rotatable bonds is 6. The minimum Gasteiger partial charge on any atom is -0.454 e. The number of hydrogen-bond donors (Lipinski definition) is 0. The van der Waals surface area contributed by atoms with E-state index in [1.807, 2.05) is 17.0 Å². The monoisotopic (exact) mass is 371 g/mol. The van der Waals surface area contributed by atoms with Crippen LogP contribution in [0.4, 0.5) is 0 Å². The van der Waals surface area contributed by atoms with Crippen LogP contribution in [-0.2, 0) is 13.1 Å². The molecule has 0 radical (unpaired) electrons. The van der Waals surface area contributed by atoms with Crippen LogP contribution in [0.1, 0.15) is 35.3 Å². The second kappa shape index (κ2) is 7.96. The zero-order chi connectivity index (χ0) is 18.6. The highest BCUT2D eigenvalue weighted by atomic mass is 16.7. The second-order valence-electron chi connectivity index (χ2n) is 7.15. The van der Waals surface area contributed by atoms with Gasteiger partial charge in [-0.15, -0.1) is 5.10 Å². The van der Waals surface area contributed by atoms with Crippen molar-refractivity contribution in [1.82, 2.24) is 24.8 Å². The summed E-state index contributed by atoms with van der Waals surface area (Å²) in [6, 6.07) is 6.01. The van der Waals surface area contributed by atoms with Gasteiger partial charge in [-0.3, -0.25) is 9.48 Å². The summed E-state index contributed by atoms with van der Waals surface area (Å²) in [6.07, 6.45) is 5.10. The van der Waals surface area contributed by atoms with Crippen molar-refractivity contribution in [3.05, 3.63) is 35.7 Å². The van der Waals surface area contributed by atoms with Crippen molar-refractivity contribution >= 4 is 5.91 Å². The minimum atomic E-state index is -0.00494. The molecule has 0 unspecified atom stereocenters. The van der Waals surface area contributed by atoms with Crippen LogP contribution in [-0.4, -0.2) is 64.2 Å². The topological polar surface area (TPSA) is 72.7 Å². The predicted molar refractivity (Wildman–Crippen MR) is 98.7 cm³/mol. The molecule has 1 fully saturated rings. The Labute approximate surface area is 158 Å². The van der Waals surface area contributed by atoms with Crippen LogP contribution in [0.2, 0.25) is 0 Å². The summed E-state index contributed by atoms with van der Waals surface area (Å²) in [5, 5.41) is 8.18. The molecule has 0 atom stereocenters. The van der Waals surface area contributed by atoms with Crippen molar-refractivity contribution in [2.24, 2.45) is 0 Å². The Kier molecular flexibility index (Phi) is 5.24. The highest BCUT2D eigenvalue weighted by molar-refractivity contribution is 5.91. The van der Waals surface area contributed by atoms with E-state index in [0.717, 1.165) is 50.5 Å². The maximum absolute atomic E-state index is 12.5. The van der Waals surface area contributed by atoms with Crippen LogP contribution in [0.15, 0.2) is 24.4 Å². The van der Waals surface area contributed by atoms with Gasteiger partial charge in [-0.2, -0.15) is 0 Å². The van der Waals surface area contributed by atoms with E-state index < -0.39 is 0 Å². The van der Waals surface area contributed by atoms with Crippen LogP contribution >= 0.6 is 0 Å². The lowest BCUT2D eigenvalue weighted by Crippen LogP contribution is -2.35. The molecular weight excluding hydrogens is 346 g/mol. The Hall–Kier alpha value is -2.61. The Morgan fingerprint density at radius 3 is 2.85 bits per heavy atom. The highest BCUT2D eigenvalue weighted by Gasteiger charge is 2.21. The van der Waals surface area contributed by atoms with Gasteiger partial charge in [0.15, 0.2) is 17.2 Å². The zero-order valence-corrected chi connectivity index (χ0v) is 15.6. The van der Waals surface area contributed by atoms with Gasteiger partial charge in [-0.25, -0.2) is 0 Å². The van der Waals surface area contributed by atoms with E-state index in [4.69, 9.17) is 9.47 Å². The highest BCUT2D eigenvalue weighted by Crippen LogP contribution is 2.32. The van der Waals surface area contributed by atoms with Crippen molar-refractivity contribution in [3.63, 3.8) is 0 Å². The summed E-state index contributed by atoms with van der Waals surface area (Å²) in [4.78, 5) is 16.5. The Morgan fingerprint density at radius 1 is 1.19 bits per heavy atom. The van der Waals surface area contributed by atoms with E-state index in [1.165, 1.54) is 12.0 Å². The van der Waals surface area contributed by atoms with Gasteiger partial charge in [0, 0.05) is 26.2 Å². The van der Waals surface area contributed by atoms with Gasteiger partial charge in [-0.05, 0) is 44.0 Å². The number of amides is 1. The lowest BCUT2D eigenvalue weighted by atomic mass is 10.1. The van der Waals surface area contributed by atoms with Crippen molar-refractivity contribution in [2.45, 2.75) is 32.4 Å². The van der Waals surface area contributed by atoms with E-state index in [0.29, 0.717) is 19.0 Å². The summed E-state index contributed by atoms with van der Waals surface area (Å²) in [7, 11) is 2.06. The first-order valence-electron chi connectivity index (χ1n) is 9.45. The van der Waals surface area contributed by atoms with Gasteiger partial charge < -0.3 is 19.3 Å². The van der Waals surface area contributed by atoms with Crippen molar-refractivity contribution in [3.8, 4) is 11.5 Å². The molecule has 1 amide bonds. The lowest BCUT2D eigenvalue weighted by Gasteiger charge is -2.25. The summed E-state index contributed by atoms with van der Waals surface area (Å²) < 4.78 is 12.5. The largest absolute Gasteiger partial charge is 0.454 e. The van der Waals surface area contributed by atoms with Gasteiger partial charge in [-0.1, -0.05) is 11.3 Å². The second-order valence-corrected chi connectivity index (χ2v) is 7.15. The molecule has 4 rings (SSSR count). The van der Waals surface area contributed by atoms with E-state index >= 15 is 0 Å². The molecule has 8 nitrogen and oxygen atoms in total. The number of benzene rings is 1. The fourth-order valence-electron chi connectivity index (χ4n) is 3.47. The van der Waals surface area contributed by atoms with Crippen molar-refractivity contribution in [2.75, 3.05) is 33.5 Å². The molecule has 8 heteroatoms. The van der Waals surface area contributed by atoms with Crippen LogP contribution < -0.4 is 9.47 Å². The molecule has 0 N–H and O–H groups in total. The van der Waals surface area contributed by atoms with Crippen LogP contribution in [0, 0.1) is 0 Å². The van der Waals surface area contributed by atoms with Gasteiger partial charge in [0.2, 0.25) is 6.79 Å². The van der Waals surface area contributed by atoms with Crippen LogP contribution in [0.5, 0.6) is 11.5 Å². The summed E-state index contributed by atoms with van der Waals surface area (Å²) >= 11 is 0. The SMILES string of the molecule is CN(CCn1cc(C(=O)N2CCCCC2)nn1)Cc1ccc2c(c1)OCO2. The molecule has 0 spiro atoms. The molecule has 2 aliphatic rings. The van der Waals surface area contributed by atoms with Crippen molar-refractivity contribution < 1.29 is 14.3 Å². The number of likely N-dealkylation sites (tertiary alicyclic amines) is 1. The van der Waals surface area contributed by atoms with E-state index in [9.17, 15) is 4.79 Å². The Bertz CT molecular complexity index is 800. The molecule has 0 aliphatic carbocycles. The van der Waals surface area contributed by atoms with Crippen LogP contribution in [0.3, 0.4) is 0 Å². The number of fused-ring (bicyclic) bond motifs is 1. The first kappa shape index (κ1) is 17.8. The smallest absolute Gasteiger partial charge is 0.276 e. The number of hydrogen-bond acceptors (Lipinski definition) is 6. The van der Waals surface area contributed by atoms with E-state index in [-0.39, 0.29) is 5.91 Å². The number of aromatic nitrogens is 3. The van der Waals surface area contributed by atoms with Crippen LogP contribution in [0.25, 0.3) is 0 Å². The molecule has 2 aromatic rings. The molecule has 0 saturated carbocycles. The number of carbonyl (C=O) groups is 1. The van der Waals surface area contributed by atoms with E-state index in [1.54, 1.807) is 10.9 Å². The minimum absolute atomic E-state index is 0.00494. The summed E-state index contributed by atoms with van der Waals surface area (Å²) in [5.74, 6) is 1.60. The van der Waals surface area contributed by atoms with Gasteiger partial charge in [0.25, 0.3) is 5.91 Å². The quantitative estimate of drug-likeness (QED) is 0.771. The lowest BCUT2D eigenvalue weighted by molar-refractivity contribution is 0.0718. The number of likely N-dealkylation sites (N-methyl/N-ethyl adjacent to an activating group) is 1. The normalized spacial score (nSPS) is 16.1.